The van der Waals surface area contributed by atoms with Gasteiger partial charge in [0, 0.05) is 20.1 Å². The molecule has 0 radical (unpaired) electrons. The molecule has 4 nitrogen and oxygen atoms in total. The molecule has 102 valence electrons. The van der Waals surface area contributed by atoms with E-state index in [4.69, 9.17) is 21.7 Å². The molecule has 19 heavy (non-hydrogen) atoms. The number of aryl methyl sites for hydroxylation is 1. The number of benzene rings is 1. The van der Waals surface area contributed by atoms with E-state index in [1.165, 1.54) is 0 Å². The largest absolute Gasteiger partial charge is 0.494 e. The fraction of sp³-hybridized carbons (Fsp3) is 0.357. The van der Waals surface area contributed by atoms with Crippen LogP contribution in [0.2, 0.25) is 0 Å². The minimum absolute atomic E-state index is 0.553. The first-order chi connectivity index (χ1) is 9.29. The predicted molar refractivity (Wildman–Crippen MR) is 76.9 cm³/mol. The van der Waals surface area contributed by atoms with Crippen LogP contribution in [0, 0.1) is 4.64 Å². The second-order valence-electron chi connectivity index (χ2n) is 4.22. The molecule has 2 aromatic rings. The number of methoxy groups -OCH3 is 1. The zero-order valence-electron chi connectivity index (χ0n) is 11.0. The van der Waals surface area contributed by atoms with E-state index in [1.54, 1.807) is 7.11 Å². The van der Waals surface area contributed by atoms with Gasteiger partial charge in [-0.05, 0) is 18.2 Å². The Bertz CT molecular complexity index is 548. The Labute approximate surface area is 118 Å². The predicted octanol–water partition coefficient (Wildman–Crippen LogP) is 3.16. The lowest BCUT2D eigenvalue weighted by Gasteiger charge is -2.06. The van der Waals surface area contributed by atoms with Gasteiger partial charge < -0.3 is 9.47 Å². The van der Waals surface area contributed by atoms with E-state index in [9.17, 15) is 0 Å². The number of para-hydroxylation sites is 1. The summed E-state index contributed by atoms with van der Waals surface area (Å²) in [6.45, 7) is 2.04. The Morgan fingerprint density at radius 3 is 2.79 bits per heavy atom. The van der Waals surface area contributed by atoms with Crippen LogP contribution in [0.4, 0.5) is 0 Å². The van der Waals surface area contributed by atoms with Crippen molar-refractivity contribution in [2.24, 2.45) is 0 Å². The maximum absolute atomic E-state index is 5.64. The number of ether oxygens (including phenoxy) is 2. The molecule has 0 fully saturated rings. The summed E-state index contributed by atoms with van der Waals surface area (Å²) in [7, 11) is 1.67. The topological polar surface area (TPSA) is 39.2 Å². The number of nitrogens with zero attached hydrogens (tertiary/aromatic N) is 1. The molecular weight excluding hydrogens is 260 g/mol. The molecule has 0 aliphatic heterocycles. The molecule has 1 aromatic carbocycles. The lowest BCUT2D eigenvalue weighted by atomic mass is 10.3. The molecule has 0 unspecified atom stereocenters. The molecule has 0 atom stereocenters. The molecule has 1 heterocycles. The number of hydrogen-bond acceptors (Lipinski definition) is 3. The summed E-state index contributed by atoms with van der Waals surface area (Å²) in [5.74, 6) is 0.901. The highest BCUT2D eigenvalue weighted by atomic mass is 32.1. The van der Waals surface area contributed by atoms with Gasteiger partial charge in [-0.15, -0.1) is 0 Å². The van der Waals surface area contributed by atoms with Gasteiger partial charge in [-0.1, -0.05) is 30.4 Å². The first-order valence-electron chi connectivity index (χ1n) is 6.25. The van der Waals surface area contributed by atoms with Gasteiger partial charge in [0.05, 0.1) is 18.9 Å². The maximum Gasteiger partial charge on any atom is 0.122 e. The summed E-state index contributed by atoms with van der Waals surface area (Å²) in [5, 5.41) is 3.21. The lowest BCUT2D eigenvalue weighted by Crippen LogP contribution is -2.06. The number of hydrogen-bond donors (Lipinski definition) is 1. The SMILES string of the molecule is COCc1cc(=S)n(CCCOc2ccccc2)[nH]1. The summed E-state index contributed by atoms with van der Waals surface area (Å²) in [4.78, 5) is 0. The Morgan fingerprint density at radius 1 is 1.26 bits per heavy atom. The van der Waals surface area contributed by atoms with Gasteiger partial charge in [0.2, 0.25) is 0 Å². The van der Waals surface area contributed by atoms with Crippen molar-refractivity contribution in [2.45, 2.75) is 19.6 Å². The van der Waals surface area contributed by atoms with Crippen molar-refractivity contribution in [3.8, 4) is 5.75 Å². The fourth-order valence-corrected chi connectivity index (χ4v) is 2.09. The number of rotatable bonds is 7. The standard InChI is InChI=1S/C14H18N2O2S/c1-17-11-12-10-14(19)16(15-12)8-5-9-18-13-6-3-2-4-7-13/h2-4,6-7,10,15H,5,8-9,11H2,1H3. The number of aromatic amines is 1. The first-order valence-corrected chi connectivity index (χ1v) is 6.66. The Morgan fingerprint density at radius 2 is 2.05 bits per heavy atom. The summed E-state index contributed by atoms with van der Waals surface area (Å²) in [6, 6.07) is 11.7. The molecule has 0 bridgehead atoms. The van der Waals surface area contributed by atoms with Gasteiger partial charge in [-0.25, -0.2) is 0 Å². The van der Waals surface area contributed by atoms with Gasteiger partial charge in [0.1, 0.15) is 10.4 Å². The van der Waals surface area contributed by atoms with E-state index in [2.05, 4.69) is 5.10 Å². The second kappa shape index (κ2) is 7.11. The van der Waals surface area contributed by atoms with Crippen molar-refractivity contribution >= 4 is 12.2 Å². The number of aromatic nitrogens is 2. The van der Waals surface area contributed by atoms with Gasteiger partial charge in [0.15, 0.2) is 0 Å². The third-order valence-electron chi connectivity index (χ3n) is 2.68. The third kappa shape index (κ3) is 4.22. The highest BCUT2D eigenvalue weighted by Gasteiger charge is 2.00. The van der Waals surface area contributed by atoms with Crippen LogP contribution in [0.25, 0.3) is 0 Å². The highest BCUT2D eigenvalue weighted by Crippen LogP contribution is 2.09. The van der Waals surface area contributed by atoms with Crippen LogP contribution in [0.1, 0.15) is 12.1 Å². The van der Waals surface area contributed by atoms with Crippen LogP contribution in [0.15, 0.2) is 36.4 Å². The van der Waals surface area contributed by atoms with Crippen molar-refractivity contribution < 1.29 is 9.47 Å². The molecule has 0 amide bonds. The van der Waals surface area contributed by atoms with Crippen molar-refractivity contribution in [1.82, 2.24) is 9.78 Å². The maximum atomic E-state index is 5.64. The smallest absolute Gasteiger partial charge is 0.122 e. The monoisotopic (exact) mass is 278 g/mol. The van der Waals surface area contributed by atoms with E-state index in [1.807, 2.05) is 41.1 Å². The number of H-pyrrole nitrogens is 1. The molecule has 0 aliphatic carbocycles. The minimum atomic E-state index is 0.553. The summed E-state index contributed by atoms with van der Waals surface area (Å²) < 4.78 is 13.4. The number of nitrogens with one attached hydrogen (secondary N) is 1. The fourth-order valence-electron chi connectivity index (χ4n) is 1.81. The van der Waals surface area contributed by atoms with Gasteiger partial charge in [0.25, 0.3) is 0 Å². The van der Waals surface area contributed by atoms with E-state index >= 15 is 0 Å². The zero-order valence-corrected chi connectivity index (χ0v) is 11.8. The summed E-state index contributed by atoms with van der Waals surface area (Å²) in [6.07, 6.45) is 0.899. The van der Waals surface area contributed by atoms with Crippen LogP contribution in [0.5, 0.6) is 5.75 Å². The third-order valence-corrected chi connectivity index (χ3v) is 3.02. The molecule has 2 rings (SSSR count). The van der Waals surface area contributed by atoms with Gasteiger partial charge in [-0.2, -0.15) is 0 Å². The van der Waals surface area contributed by atoms with E-state index in [0.29, 0.717) is 13.2 Å². The molecule has 5 heteroatoms. The van der Waals surface area contributed by atoms with E-state index < -0.39 is 0 Å². The highest BCUT2D eigenvalue weighted by molar-refractivity contribution is 7.71. The van der Waals surface area contributed by atoms with Gasteiger partial charge >= 0.3 is 0 Å². The Balaban J connectivity index is 1.78. The van der Waals surface area contributed by atoms with Crippen molar-refractivity contribution in [3.63, 3.8) is 0 Å². The average molecular weight is 278 g/mol. The lowest BCUT2D eigenvalue weighted by molar-refractivity contribution is 0.180. The van der Waals surface area contributed by atoms with Crippen LogP contribution >= 0.6 is 12.2 Å². The summed E-state index contributed by atoms with van der Waals surface area (Å²) >= 11 is 5.27. The molecule has 1 aromatic heterocycles. The average Bonchev–Trinajstić information content (AvgIpc) is 2.77. The molecular formula is C14H18N2O2S. The molecule has 0 saturated heterocycles. The van der Waals surface area contributed by atoms with Gasteiger partial charge in [-0.3, -0.25) is 9.78 Å². The molecule has 0 saturated carbocycles. The second-order valence-corrected chi connectivity index (χ2v) is 4.64. The zero-order chi connectivity index (χ0) is 13.5. The first kappa shape index (κ1) is 13.8. The molecule has 0 spiro atoms. The van der Waals surface area contributed by atoms with E-state index in [0.717, 1.165) is 29.0 Å². The summed E-state index contributed by atoms with van der Waals surface area (Å²) in [5.41, 5.74) is 0.997. The Kier molecular flexibility index (Phi) is 5.18. The normalized spacial score (nSPS) is 10.6. The van der Waals surface area contributed by atoms with E-state index in [-0.39, 0.29) is 0 Å². The molecule has 0 aliphatic rings. The van der Waals surface area contributed by atoms with Crippen molar-refractivity contribution in [3.05, 3.63) is 46.7 Å². The van der Waals surface area contributed by atoms with Crippen molar-refractivity contribution in [1.29, 1.82) is 0 Å². The van der Waals surface area contributed by atoms with Crippen LogP contribution in [-0.2, 0) is 17.9 Å². The quantitative estimate of drug-likeness (QED) is 0.624. The van der Waals surface area contributed by atoms with Crippen LogP contribution in [0.3, 0.4) is 0 Å². The van der Waals surface area contributed by atoms with Crippen LogP contribution in [-0.4, -0.2) is 23.5 Å². The van der Waals surface area contributed by atoms with Crippen LogP contribution < -0.4 is 4.74 Å². The molecule has 1 N–H and O–H groups in total. The Hall–Kier alpha value is -1.59. The van der Waals surface area contributed by atoms with Crippen molar-refractivity contribution in [2.75, 3.05) is 13.7 Å². The minimum Gasteiger partial charge on any atom is -0.494 e.